The Kier molecular flexibility index (Phi) is 2.98. The molecule has 0 saturated carbocycles. The molecule has 2 atom stereocenters. The predicted octanol–water partition coefficient (Wildman–Crippen LogP) is 4.38. The number of ether oxygens (including phenoxy) is 1. The summed E-state index contributed by atoms with van der Waals surface area (Å²) in [7, 11) is 0. The number of cyclic esters (lactones) is 1. The Balaban J connectivity index is 1.67. The summed E-state index contributed by atoms with van der Waals surface area (Å²) in [6.45, 7) is 0.533. The fourth-order valence-electron chi connectivity index (χ4n) is 5.79. The van der Waals surface area contributed by atoms with Crippen molar-refractivity contribution >= 4 is 33.7 Å². The summed E-state index contributed by atoms with van der Waals surface area (Å²) in [5, 5.41) is 5.28. The van der Waals surface area contributed by atoms with Gasteiger partial charge >= 0.3 is 5.97 Å². The number of H-pyrrole nitrogens is 1. The van der Waals surface area contributed by atoms with Gasteiger partial charge in [0, 0.05) is 40.7 Å². The summed E-state index contributed by atoms with van der Waals surface area (Å²) in [5.41, 5.74) is 8.27. The zero-order valence-corrected chi connectivity index (χ0v) is 16.1. The monoisotopic (exact) mass is 394 g/mol. The maximum absolute atomic E-state index is 13.0. The van der Waals surface area contributed by atoms with Gasteiger partial charge < -0.3 is 15.0 Å². The standard InChI is InChI=1S/C25H18N2O3/c28-18-10-9-17(30-18)20-12-5-1-2-6-13(12)21-22-15(11-26-25(22)29)19-14-7-3-4-8-16(14)27-24(19)23(20)21/h1-8,17,20,27H,9-11H2,(H,26,29). The van der Waals surface area contributed by atoms with Crippen LogP contribution in [0.3, 0.4) is 0 Å². The molecule has 2 N–H and O–H groups in total. The summed E-state index contributed by atoms with van der Waals surface area (Å²) in [4.78, 5) is 28.6. The molecule has 3 aliphatic rings. The van der Waals surface area contributed by atoms with Crippen LogP contribution in [-0.2, 0) is 16.1 Å². The fraction of sp³-hybridized carbons (Fsp3) is 0.200. The number of hydrogen-bond donors (Lipinski definition) is 2. The molecular weight excluding hydrogens is 376 g/mol. The van der Waals surface area contributed by atoms with Crippen molar-refractivity contribution in [3.05, 3.63) is 70.8 Å². The van der Waals surface area contributed by atoms with Crippen LogP contribution < -0.4 is 5.32 Å². The second-order valence-corrected chi connectivity index (χ2v) is 8.38. The Labute approximate surface area is 172 Å². The lowest BCUT2D eigenvalue weighted by Gasteiger charge is -2.21. The summed E-state index contributed by atoms with van der Waals surface area (Å²) in [5.74, 6) is -0.234. The van der Waals surface area contributed by atoms with Crippen LogP contribution in [0.4, 0.5) is 0 Å². The van der Waals surface area contributed by atoms with E-state index in [1.807, 2.05) is 24.3 Å². The van der Waals surface area contributed by atoms with Crippen LogP contribution in [0.15, 0.2) is 48.5 Å². The number of carbonyl (C=O) groups excluding carboxylic acids is 2. The highest BCUT2D eigenvalue weighted by Gasteiger charge is 2.44. The first-order chi connectivity index (χ1) is 14.7. The number of para-hydroxylation sites is 1. The van der Waals surface area contributed by atoms with Gasteiger partial charge in [-0.1, -0.05) is 42.5 Å². The third-order valence-electron chi connectivity index (χ3n) is 6.91. The number of benzene rings is 3. The molecule has 1 saturated heterocycles. The smallest absolute Gasteiger partial charge is 0.306 e. The minimum atomic E-state index is -0.211. The number of amides is 1. The molecule has 1 aromatic heterocycles. The SMILES string of the molecule is O=C1CCC(C2c3ccccc3-c3c4c(c5c([nH]c6ccccc65)c32)CNC4=O)O1. The molecule has 3 aromatic carbocycles. The van der Waals surface area contributed by atoms with E-state index < -0.39 is 0 Å². The fourth-order valence-corrected chi connectivity index (χ4v) is 5.79. The van der Waals surface area contributed by atoms with Gasteiger partial charge in [-0.25, -0.2) is 0 Å². The first kappa shape index (κ1) is 16.2. The molecule has 30 heavy (non-hydrogen) atoms. The normalized spacial score (nSPS) is 21.6. The van der Waals surface area contributed by atoms with E-state index in [2.05, 4.69) is 34.6 Å². The Morgan fingerprint density at radius 2 is 1.80 bits per heavy atom. The van der Waals surface area contributed by atoms with Crippen LogP contribution >= 0.6 is 0 Å². The van der Waals surface area contributed by atoms with Gasteiger partial charge in [0.25, 0.3) is 5.91 Å². The molecule has 3 heterocycles. The number of esters is 1. The van der Waals surface area contributed by atoms with Crippen LogP contribution in [-0.4, -0.2) is 23.0 Å². The number of aromatic nitrogens is 1. The van der Waals surface area contributed by atoms with Crippen molar-refractivity contribution in [2.24, 2.45) is 0 Å². The summed E-state index contributed by atoms with van der Waals surface area (Å²) >= 11 is 0. The molecule has 5 nitrogen and oxygen atoms in total. The lowest BCUT2D eigenvalue weighted by atomic mass is 9.86. The molecule has 4 aromatic rings. The lowest BCUT2D eigenvalue weighted by Crippen LogP contribution is -2.18. The van der Waals surface area contributed by atoms with Gasteiger partial charge in [-0.05, 0) is 34.7 Å². The van der Waals surface area contributed by atoms with Gasteiger partial charge in [0.05, 0.1) is 11.1 Å². The highest BCUT2D eigenvalue weighted by Crippen LogP contribution is 2.55. The minimum Gasteiger partial charge on any atom is -0.461 e. The maximum Gasteiger partial charge on any atom is 0.306 e. The van der Waals surface area contributed by atoms with Crippen LogP contribution in [0, 0.1) is 0 Å². The van der Waals surface area contributed by atoms with E-state index in [4.69, 9.17) is 4.74 Å². The molecule has 2 aliphatic heterocycles. The maximum atomic E-state index is 13.0. The van der Waals surface area contributed by atoms with E-state index in [1.54, 1.807) is 0 Å². The van der Waals surface area contributed by atoms with E-state index in [1.165, 1.54) is 0 Å². The highest BCUT2D eigenvalue weighted by atomic mass is 16.5. The number of nitrogens with one attached hydrogen (secondary N) is 2. The first-order valence-corrected chi connectivity index (χ1v) is 10.4. The number of aromatic amines is 1. The Bertz CT molecular complexity index is 1430. The van der Waals surface area contributed by atoms with Crippen LogP contribution in [0.1, 0.15) is 45.8 Å². The molecule has 1 aliphatic carbocycles. The summed E-state index contributed by atoms with van der Waals surface area (Å²) < 4.78 is 5.77. The summed E-state index contributed by atoms with van der Waals surface area (Å²) in [6, 6.07) is 16.5. The van der Waals surface area contributed by atoms with E-state index in [0.717, 1.165) is 55.2 Å². The molecule has 1 fully saturated rings. The van der Waals surface area contributed by atoms with Gasteiger partial charge in [-0.2, -0.15) is 0 Å². The van der Waals surface area contributed by atoms with Crippen molar-refractivity contribution in [3.8, 4) is 11.1 Å². The highest BCUT2D eigenvalue weighted by molar-refractivity contribution is 6.20. The van der Waals surface area contributed by atoms with E-state index >= 15 is 0 Å². The van der Waals surface area contributed by atoms with Gasteiger partial charge in [-0.3, -0.25) is 9.59 Å². The number of fused-ring (bicyclic) bond motifs is 10. The van der Waals surface area contributed by atoms with Crippen molar-refractivity contribution in [1.29, 1.82) is 0 Å². The van der Waals surface area contributed by atoms with Crippen molar-refractivity contribution in [1.82, 2.24) is 10.3 Å². The largest absolute Gasteiger partial charge is 0.461 e. The van der Waals surface area contributed by atoms with Crippen LogP contribution in [0.5, 0.6) is 0 Å². The van der Waals surface area contributed by atoms with Crippen LogP contribution in [0.2, 0.25) is 0 Å². The number of hydrogen-bond acceptors (Lipinski definition) is 3. The average molecular weight is 394 g/mol. The average Bonchev–Trinajstić information content (AvgIpc) is 3.50. The molecule has 1 amide bonds. The van der Waals surface area contributed by atoms with Gasteiger partial charge in [0.1, 0.15) is 6.10 Å². The van der Waals surface area contributed by atoms with Gasteiger partial charge in [-0.15, -0.1) is 0 Å². The van der Waals surface area contributed by atoms with Crippen molar-refractivity contribution in [2.45, 2.75) is 31.4 Å². The first-order valence-electron chi connectivity index (χ1n) is 10.4. The third kappa shape index (κ3) is 1.88. The summed E-state index contributed by atoms with van der Waals surface area (Å²) in [6.07, 6.45) is 0.930. The second kappa shape index (κ2) is 5.51. The minimum absolute atomic E-state index is 0.0210. The third-order valence-corrected chi connectivity index (χ3v) is 6.91. The molecule has 7 rings (SSSR count). The molecule has 2 unspecified atom stereocenters. The van der Waals surface area contributed by atoms with Gasteiger partial charge in [0.2, 0.25) is 0 Å². The predicted molar refractivity (Wildman–Crippen MR) is 113 cm³/mol. The van der Waals surface area contributed by atoms with E-state index in [9.17, 15) is 9.59 Å². The zero-order chi connectivity index (χ0) is 20.0. The van der Waals surface area contributed by atoms with Crippen molar-refractivity contribution < 1.29 is 14.3 Å². The molecule has 0 bridgehead atoms. The molecule has 5 heteroatoms. The Morgan fingerprint density at radius 3 is 2.67 bits per heavy atom. The number of rotatable bonds is 1. The van der Waals surface area contributed by atoms with Crippen LogP contribution in [0.25, 0.3) is 32.9 Å². The molecule has 0 radical (unpaired) electrons. The van der Waals surface area contributed by atoms with Crippen molar-refractivity contribution in [2.75, 3.05) is 0 Å². The van der Waals surface area contributed by atoms with E-state index in [-0.39, 0.29) is 23.9 Å². The molecule has 146 valence electrons. The quantitative estimate of drug-likeness (QED) is 0.471. The molecular formula is C25H18N2O3. The second-order valence-electron chi connectivity index (χ2n) is 8.38. The van der Waals surface area contributed by atoms with Gasteiger partial charge in [0.15, 0.2) is 0 Å². The topological polar surface area (TPSA) is 71.2 Å². The molecule has 0 spiro atoms. The lowest BCUT2D eigenvalue weighted by molar-refractivity contribution is -0.141. The Morgan fingerprint density at radius 1 is 0.967 bits per heavy atom. The Hall–Kier alpha value is -3.60. The zero-order valence-electron chi connectivity index (χ0n) is 16.1. The van der Waals surface area contributed by atoms with E-state index in [0.29, 0.717) is 19.4 Å². The number of carbonyl (C=O) groups is 2. The van der Waals surface area contributed by atoms with Crippen molar-refractivity contribution in [3.63, 3.8) is 0 Å².